The third-order valence-corrected chi connectivity index (χ3v) is 1.11. The SMILES string of the molecule is CC(NC(=O)Cl)C(=O)Cl. The van der Waals surface area contributed by atoms with Crippen LogP contribution in [-0.4, -0.2) is 16.7 Å². The van der Waals surface area contributed by atoms with E-state index in [1.54, 1.807) is 0 Å². The highest BCUT2D eigenvalue weighted by molar-refractivity contribution is 6.66. The smallest absolute Gasteiger partial charge is 0.314 e. The van der Waals surface area contributed by atoms with Gasteiger partial charge >= 0.3 is 5.37 Å². The van der Waals surface area contributed by atoms with Crippen LogP contribution >= 0.6 is 23.2 Å². The third kappa shape index (κ3) is 4.24. The number of nitrogens with one attached hydrogen (secondary N) is 1. The van der Waals surface area contributed by atoms with Crippen molar-refractivity contribution in [3.05, 3.63) is 0 Å². The summed E-state index contributed by atoms with van der Waals surface area (Å²) in [6.07, 6.45) is 0. The predicted molar refractivity (Wildman–Crippen MR) is 34.7 cm³/mol. The molecule has 1 N–H and O–H groups in total. The standard InChI is InChI=1S/C4H5Cl2NO2/c1-2(3(5)8)7-4(6)9/h2H,1H3,(H,7,9). The maximum atomic E-state index is 10.2. The molecule has 0 heterocycles. The molecule has 1 amide bonds. The van der Waals surface area contributed by atoms with E-state index >= 15 is 0 Å². The Morgan fingerprint density at radius 3 is 2.00 bits per heavy atom. The average molecular weight is 170 g/mol. The summed E-state index contributed by atoms with van der Waals surface area (Å²) in [6.45, 7) is 1.44. The van der Waals surface area contributed by atoms with E-state index in [4.69, 9.17) is 23.2 Å². The number of carbonyl (C=O) groups is 2. The van der Waals surface area contributed by atoms with Crippen LogP contribution in [0.5, 0.6) is 0 Å². The van der Waals surface area contributed by atoms with Crippen molar-refractivity contribution in [3.63, 3.8) is 0 Å². The van der Waals surface area contributed by atoms with Gasteiger partial charge in [0.1, 0.15) is 6.04 Å². The molecule has 3 nitrogen and oxygen atoms in total. The van der Waals surface area contributed by atoms with Crippen LogP contribution in [0, 0.1) is 0 Å². The van der Waals surface area contributed by atoms with Gasteiger partial charge in [0, 0.05) is 0 Å². The van der Waals surface area contributed by atoms with Gasteiger partial charge in [0.15, 0.2) is 0 Å². The number of carbonyl (C=O) groups excluding carboxylic acids is 2. The summed E-state index contributed by atoms with van der Waals surface area (Å²) in [4.78, 5) is 20.2. The van der Waals surface area contributed by atoms with Crippen molar-refractivity contribution in [3.8, 4) is 0 Å². The molecule has 0 aromatic rings. The summed E-state index contributed by atoms with van der Waals surface area (Å²) < 4.78 is 0. The Morgan fingerprint density at radius 2 is 1.89 bits per heavy atom. The monoisotopic (exact) mass is 169 g/mol. The van der Waals surface area contributed by atoms with Gasteiger partial charge < -0.3 is 5.32 Å². The summed E-state index contributed by atoms with van der Waals surface area (Å²) in [5, 5.41) is 0.671. The lowest BCUT2D eigenvalue weighted by Crippen LogP contribution is -2.32. The Morgan fingerprint density at radius 1 is 1.44 bits per heavy atom. The van der Waals surface area contributed by atoms with Crippen LogP contribution in [0.1, 0.15) is 6.92 Å². The molecule has 0 fully saturated rings. The molecule has 0 bridgehead atoms. The first-order valence-corrected chi connectivity index (χ1v) is 2.95. The van der Waals surface area contributed by atoms with Crippen LogP contribution in [0.15, 0.2) is 0 Å². The van der Waals surface area contributed by atoms with Crippen molar-refractivity contribution in [2.24, 2.45) is 0 Å². The molecule has 0 aliphatic heterocycles. The minimum atomic E-state index is -0.781. The van der Waals surface area contributed by atoms with Gasteiger partial charge in [-0.2, -0.15) is 0 Å². The van der Waals surface area contributed by atoms with Gasteiger partial charge in [-0.15, -0.1) is 0 Å². The number of amides is 1. The quantitative estimate of drug-likeness (QED) is 0.497. The van der Waals surface area contributed by atoms with E-state index in [9.17, 15) is 9.59 Å². The molecule has 0 radical (unpaired) electrons. The predicted octanol–water partition coefficient (Wildman–Crippen LogP) is 1.09. The highest BCUT2D eigenvalue weighted by Crippen LogP contribution is 1.90. The zero-order valence-electron chi connectivity index (χ0n) is 4.65. The van der Waals surface area contributed by atoms with Gasteiger partial charge in [-0.1, -0.05) is 0 Å². The van der Waals surface area contributed by atoms with Gasteiger partial charge in [-0.3, -0.25) is 9.59 Å². The molecule has 0 saturated heterocycles. The van der Waals surface area contributed by atoms with Crippen molar-refractivity contribution in [1.82, 2.24) is 5.32 Å². The van der Waals surface area contributed by atoms with Crippen molar-refractivity contribution < 1.29 is 9.59 Å². The molecule has 52 valence electrons. The fraction of sp³-hybridized carbons (Fsp3) is 0.500. The molecule has 1 unspecified atom stereocenters. The van der Waals surface area contributed by atoms with Gasteiger partial charge in [-0.25, -0.2) is 0 Å². The summed E-state index contributed by atoms with van der Waals surface area (Å²) in [5.41, 5.74) is 0. The fourth-order valence-electron chi connectivity index (χ4n) is 0.227. The second-order valence-corrected chi connectivity index (χ2v) is 2.16. The first kappa shape index (κ1) is 8.72. The molecule has 5 heteroatoms. The Labute approximate surface area is 62.3 Å². The molecular formula is C4H5Cl2NO2. The second kappa shape index (κ2) is 3.69. The van der Waals surface area contributed by atoms with Crippen molar-refractivity contribution >= 4 is 33.8 Å². The summed E-state index contributed by atoms with van der Waals surface area (Å²) in [5.74, 6) is 0. The molecule has 0 saturated carbocycles. The first-order valence-electron chi connectivity index (χ1n) is 2.19. The van der Waals surface area contributed by atoms with Crippen molar-refractivity contribution in [2.75, 3.05) is 0 Å². The molecule has 0 aromatic carbocycles. The maximum Gasteiger partial charge on any atom is 0.314 e. The zero-order valence-corrected chi connectivity index (χ0v) is 6.16. The highest BCUT2D eigenvalue weighted by atomic mass is 35.5. The molecule has 0 rings (SSSR count). The number of rotatable bonds is 2. The molecule has 0 aliphatic carbocycles. The highest BCUT2D eigenvalue weighted by Gasteiger charge is 2.10. The van der Waals surface area contributed by atoms with E-state index < -0.39 is 16.7 Å². The van der Waals surface area contributed by atoms with E-state index in [2.05, 4.69) is 5.32 Å². The topological polar surface area (TPSA) is 46.2 Å². The largest absolute Gasteiger partial charge is 0.332 e. The van der Waals surface area contributed by atoms with E-state index in [-0.39, 0.29) is 0 Å². The minimum Gasteiger partial charge on any atom is -0.332 e. The van der Waals surface area contributed by atoms with Crippen LogP contribution < -0.4 is 5.32 Å². The lowest BCUT2D eigenvalue weighted by molar-refractivity contribution is -0.112. The lowest BCUT2D eigenvalue weighted by Gasteiger charge is -2.03. The van der Waals surface area contributed by atoms with Crippen LogP contribution in [-0.2, 0) is 4.79 Å². The Bertz CT molecular complexity index is 137. The Balaban J connectivity index is 3.63. The van der Waals surface area contributed by atoms with Gasteiger partial charge in [0.05, 0.1) is 0 Å². The van der Waals surface area contributed by atoms with Crippen LogP contribution in [0.2, 0.25) is 0 Å². The fourth-order valence-corrected chi connectivity index (χ4v) is 0.445. The Hall–Kier alpha value is -0.280. The zero-order chi connectivity index (χ0) is 7.44. The first-order chi connectivity index (χ1) is 4.04. The van der Waals surface area contributed by atoms with Crippen LogP contribution in [0.4, 0.5) is 4.79 Å². The number of hydrogen-bond acceptors (Lipinski definition) is 2. The molecule has 0 spiro atoms. The van der Waals surface area contributed by atoms with E-state index in [1.807, 2.05) is 0 Å². The molecule has 0 aromatic heterocycles. The lowest BCUT2D eigenvalue weighted by atomic mass is 10.4. The van der Waals surface area contributed by atoms with E-state index in [1.165, 1.54) is 6.92 Å². The molecule has 9 heavy (non-hydrogen) atoms. The summed E-state index contributed by atoms with van der Waals surface area (Å²) >= 11 is 9.82. The average Bonchev–Trinajstić information content (AvgIpc) is 1.63. The minimum absolute atomic E-state index is 0.635. The molecular weight excluding hydrogens is 165 g/mol. The third-order valence-electron chi connectivity index (χ3n) is 0.670. The van der Waals surface area contributed by atoms with Gasteiger partial charge in [0.25, 0.3) is 0 Å². The Kier molecular flexibility index (Phi) is 3.58. The summed E-state index contributed by atoms with van der Waals surface area (Å²) in [7, 11) is 0. The maximum absolute atomic E-state index is 10.2. The van der Waals surface area contributed by atoms with E-state index in [0.29, 0.717) is 0 Å². The van der Waals surface area contributed by atoms with Gasteiger partial charge in [-0.05, 0) is 30.1 Å². The number of hydrogen-bond donors (Lipinski definition) is 1. The molecule has 1 atom stereocenters. The van der Waals surface area contributed by atoms with Crippen molar-refractivity contribution in [1.29, 1.82) is 0 Å². The normalized spacial score (nSPS) is 12.3. The van der Waals surface area contributed by atoms with Crippen LogP contribution in [0.3, 0.4) is 0 Å². The second-order valence-electron chi connectivity index (χ2n) is 1.44. The number of halogens is 2. The van der Waals surface area contributed by atoms with Gasteiger partial charge in [0.2, 0.25) is 5.24 Å². The van der Waals surface area contributed by atoms with E-state index in [0.717, 1.165) is 0 Å². The summed E-state index contributed by atoms with van der Waals surface area (Å²) in [6, 6.07) is -0.711. The van der Waals surface area contributed by atoms with Crippen molar-refractivity contribution in [2.45, 2.75) is 13.0 Å². The molecule has 0 aliphatic rings. The van der Waals surface area contributed by atoms with Crippen LogP contribution in [0.25, 0.3) is 0 Å².